The van der Waals surface area contributed by atoms with Crippen LogP contribution in [0.3, 0.4) is 0 Å². The average molecular weight is 298 g/mol. The van der Waals surface area contributed by atoms with Crippen molar-refractivity contribution in [3.8, 4) is 17.3 Å². The molecule has 0 unspecified atom stereocenters. The molecule has 0 aliphatic carbocycles. The Kier molecular flexibility index (Phi) is 4.08. The predicted octanol–water partition coefficient (Wildman–Crippen LogP) is 4.77. The summed E-state index contributed by atoms with van der Waals surface area (Å²) in [7, 11) is 0. The molecule has 0 saturated heterocycles. The van der Waals surface area contributed by atoms with E-state index in [-0.39, 0.29) is 0 Å². The van der Waals surface area contributed by atoms with Crippen molar-refractivity contribution in [2.45, 2.75) is 6.42 Å². The molecule has 5 heteroatoms. The molecule has 2 nitrogen and oxygen atoms in total. The van der Waals surface area contributed by atoms with Crippen LogP contribution < -0.4 is 0 Å². The van der Waals surface area contributed by atoms with E-state index in [1.165, 1.54) is 0 Å². The highest BCUT2D eigenvalue weighted by atomic mass is 35.5. The second-order valence-electron chi connectivity index (χ2n) is 3.63. The number of halogens is 3. The van der Waals surface area contributed by atoms with Gasteiger partial charge in [-0.2, -0.15) is 5.26 Å². The molecule has 2 rings (SSSR count). The smallest absolute Gasteiger partial charge is 0.0721 e. The number of hydrogen-bond donors (Lipinski definition) is 0. The van der Waals surface area contributed by atoms with Gasteiger partial charge in [0.2, 0.25) is 0 Å². The first-order valence-corrected chi connectivity index (χ1v) is 6.22. The SMILES string of the molecule is N#CCc1ccnc(-c2cc(Cl)cc(Cl)c2Cl)c1. The van der Waals surface area contributed by atoms with Crippen LogP contribution in [-0.4, -0.2) is 4.98 Å². The molecule has 0 fully saturated rings. The molecule has 0 radical (unpaired) electrons. The number of aromatic nitrogens is 1. The fourth-order valence-electron chi connectivity index (χ4n) is 1.57. The topological polar surface area (TPSA) is 36.7 Å². The highest BCUT2D eigenvalue weighted by molar-refractivity contribution is 6.45. The van der Waals surface area contributed by atoms with Gasteiger partial charge in [-0.15, -0.1) is 0 Å². The van der Waals surface area contributed by atoms with Gasteiger partial charge in [0.25, 0.3) is 0 Å². The van der Waals surface area contributed by atoms with Crippen molar-refractivity contribution < 1.29 is 0 Å². The summed E-state index contributed by atoms with van der Waals surface area (Å²) >= 11 is 18.1. The highest BCUT2D eigenvalue weighted by Crippen LogP contribution is 2.35. The Morgan fingerprint density at radius 3 is 2.67 bits per heavy atom. The molecule has 0 aliphatic rings. The van der Waals surface area contributed by atoms with Crippen molar-refractivity contribution in [3.63, 3.8) is 0 Å². The van der Waals surface area contributed by atoms with E-state index in [0.29, 0.717) is 32.7 Å². The van der Waals surface area contributed by atoms with E-state index >= 15 is 0 Å². The van der Waals surface area contributed by atoms with E-state index < -0.39 is 0 Å². The molecule has 0 N–H and O–H groups in total. The Balaban J connectivity index is 2.55. The maximum Gasteiger partial charge on any atom is 0.0721 e. The first kappa shape index (κ1) is 13.2. The summed E-state index contributed by atoms with van der Waals surface area (Å²) in [5, 5.41) is 9.96. The fraction of sp³-hybridized carbons (Fsp3) is 0.0769. The highest BCUT2D eigenvalue weighted by Gasteiger charge is 2.10. The first-order chi connectivity index (χ1) is 8.61. The van der Waals surface area contributed by atoms with E-state index in [4.69, 9.17) is 40.1 Å². The largest absolute Gasteiger partial charge is 0.256 e. The van der Waals surface area contributed by atoms with Crippen molar-refractivity contribution >= 4 is 34.8 Å². The second-order valence-corrected chi connectivity index (χ2v) is 4.85. The Morgan fingerprint density at radius 2 is 1.94 bits per heavy atom. The summed E-state index contributed by atoms with van der Waals surface area (Å²) in [4.78, 5) is 4.22. The summed E-state index contributed by atoms with van der Waals surface area (Å²) in [6, 6.07) is 8.95. The third-order valence-electron chi connectivity index (χ3n) is 2.38. The van der Waals surface area contributed by atoms with Gasteiger partial charge in [-0.25, -0.2) is 0 Å². The maximum absolute atomic E-state index is 8.69. The second kappa shape index (κ2) is 5.58. The van der Waals surface area contributed by atoms with Crippen molar-refractivity contribution in [2.75, 3.05) is 0 Å². The van der Waals surface area contributed by atoms with Crippen molar-refractivity contribution in [3.05, 3.63) is 51.1 Å². The summed E-state index contributed by atoms with van der Waals surface area (Å²) in [6.07, 6.45) is 1.95. The minimum Gasteiger partial charge on any atom is -0.256 e. The van der Waals surface area contributed by atoms with Gasteiger partial charge in [0.1, 0.15) is 0 Å². The predicted molar refractivity (Wildman–Crippen MR) is 74.0 cm³/mol. The summed E-state index contributed by atoms with van der Waals surface area (Å²) in [5.74, 6) is 0. The van der Waals surface area contributed by atoms with E-state index in [9.17, 15) is 0 Å². The summed E-state index contributed by atoms with van der Waals surface area (Å²) < 4.78 is 0. The van der Waals surface area contributed by atoms with Gasteiger partial charge in [0.05, 0.1) is 28.2 Å². The standard InChI is InChI=1S/C13H7Cl3N2/c14-9-6-10(13(16)11(15)7-9)12-5-8(1-3-17)2-4-18-12/h2,4-7H,1H2. The van der Waals surface area contributed by atoms with Gasteiger partial charge < -0.3 is 0 Å². The van der Waals surface area contributed by atoms with E-state index in [2.05, 4.69) is 11.1 Å². The molecule has 1 aromatic heterocycles. The van der Waals surface area contributed by atoms with E-state index in [1.807, 2.05) is 0 Å². The van der Waals surface area contributed by atoms with Crippen molar-refractivity contribution in [1.82, 2.24) is 4.98 Å². The summed E-state index contributed by atoms with van der Waals surface area (Å²) in [5.41, 5.74) is 2.18. The van der Waals surface area contributed by atoms with Crippen LogP contribution in [0.1, 0.15) is 5.56 Å². The molecule has 0 atom stereocenters. The van der Waals surface area contributed by atoms with Crippen LogP contribution in [0.25, 0.3) is 11.3 Å². The minimum absolute atomic E-state index is 0.321. The molecule has 0 spiro atoms. The van der Waals surface area contributed by atoms with Crippen LogP contribution in [-0.2, 0) is 6.42 Å². The molecule has 1 aromatic carbocycles. The zero-order chi connectivity index (χ0) is 13.1. The molecule has 0 bridgehead atoms. The first-order valence-electron chi connectivity index (χ1n) is 5.08. The third-order valence-corrected chi connectivity index (χ3v) is 3.40. The van der Waals surface area contributed by atoms with Crippen LogP contribution >= 0.6 is 34.8 Å². The minimum atomic E-state index is 0.321. The molecular weight excluding hydrogens is 291 g/mol. The van der Waals surface area contributed by atoms with Gasteiger partial charge in [-0.3, -0.25) is 4.98 Å². The zero-order valence-electron chi connectivity index (χ0n) is 9.12. The van der Waals surface area contributed by atoms with Crippen molar-refractivity contribution in [1.29, 1.82) is 5.26 Å². The fourth-order valence-corrected chi connectivity index (χ4v) is 2.26. The Morgan fingerprint density at radius 1 is 1.17 bits per heavy atom. The maximum atomic E-state index is 8.69. The van der Waals surface area contributed by atoms with Gasteiger partial charge in [-0.1, -0.05) is 34.8 Å². The molecule has 1 heterocycles. The quantitative estimate of drug-likeness (QED) is 0.748. The third kappa shape index (κ3) is 2.76. The number of hydrogen-bond acceptors (Lipinski definition) is 2. The molecule has 0 saturated carbocycles. The van der Waals surface area contributed by atoms with Crippen LogP contribution in [0, 0.1) is 11.3 Å². The number of nitriles is 1. The van der Waals surface area contributed by atoms with Crippen molar-refractivity contribution in [2.24, 2.45) is 0 Å². The van der Waals surface area contributed by atoms with Crippen LogP contribution in [0.5, 0.6) is 0 Å². The van der Waals surface area contributed by atoms with E-state index in [1.54, 1.807) is 30.5 Å². The monoisotopic (exact) mass is 296 g/mol. The van der Waals surface area contributed by atoms with Gasteiger partial charge in [0, 0.05) is 16.8 Å². The molecular formula is C13H7Cl3N2. The summed E-state index contributed by atoms with van der Waals surface area (Å²) in [6.45, 7) is 0. The lowest BCUT2D eigenvalue weighted by Gasteiger charge is -2.07. The Hall–Kier alpha value is -1.27. The lowest BCUT2D eigenvalue weighted by atomic mass is 10.1. The normalized spacial score (nSPS) is 10.1. The van der Waals surface area contributed by atoms with Crippen LogP contribution in [0.2, 0.25) is 15.1 Å². The molecule has 90 valence electrons. The van der Waals surface area contributed by atoms with Crippen LogP contribution in [0.15, 0.2) is 30.5 Å². The number of benzene rings is 1. The lowest BCUT2D eigenvalue weighted by Crippen LogP contribution is -1.89. The number of rotatable bonds is 2. The lowest BCUT2D eigenvalue weighted by molar-refractivity contribution is 1.21. The number of nitrogens with zero attached hydrogens (tertiary/aromatic N) is 2. The molecule has 0 aliphatic heterocycles. The molecule has 2 aromatic rings. The van der Waals surface area contributed by atoms with Crippen LogP contribution in [0.4, 0.5) is 0 Å². The van der Waals surface area contributed by atoms with Gasteiger partial charge >= 0.3 is 0 Å². The Bertz CT molecular complexity index is 633. The van der Waals surface area contributed by atoms with Gasteiger partial charge in [-0.05, 0) is 29.8 Å². The van der Waals surface area contributed by atoms with E-state index in [0.717, 1.165) is 5.56 Å². The molecule has 18 heavy (non-hydrogen) atoms. The van der Waals surface area contributed by atoms with Gasteiger partial charge in [0.15, 0.2) is 0 Å². The molecule has 0 amide bonds. The average Bonchev–Trinajstić information content (AvgIpc) is 2.34. The zero-order valence-corrected chi connectivity index (χ0v) is 11.4. The number of pyridine rings is 1. The Labute approximate surface area is 120 Å².